The molecule has 0 saturated carbocycles. The number of amides is 2. The summed E-state index contributed by atoms with van der Waals surface area (Å²) in [6.07, 6.45) is 0. The number of para-hydroxylation sites is 1. The Balaban J connectivity index is 2.10. The second-order valence-corrected chi connectivity index (χ2v) is 5.05. The van der Waals surface area contributed by atoms with E-state index in [1.165, 1.54) is 6.07 Å². The molecule has 1 aliphatic heterocycles. The van der Waals surface area contributed by atoms with Crippen LogP contribution in [0.3, 0.4) is 0 Å². The number of rotatable bonds is 1. The van der Waals surface area contributed by atoms with Crippen LogP contribution in [-0.2, 0) is 0 Å². The van der Waals surface area contributed by atoms with E-state index in [0.717, 1.165) is 13.1 Å². The van der Waals surface area contributed by atoms with E-state index < -0.39 is 5.82 Å². The van der Waals surface area contributed by atoms with Crippen molar-refractivity contribution in [1.82, 2.24) is 10.2 Å². The lowest BCUT2D eigenvalue weighted by atomic mass is 10.0. The maximum Gasteiger partial charge on any atom is 0.322 e. The van der Waals surface area contributed by atoms with Crippen LogP contribution in [-0.4, -0.2) is 36.1 Å². The molecule has 2 amide bonds. The maximum atomic E-state index is 13.5. The van der Waals surface area contributed by atoms with Gasteiger partial charge in [0.05, 0.1) is 11.2 Å². The Hall–Kier alpha value is -1.62. The quantitative estimate of drug-likeness (QED) is 0.802. The summed E-state index contributed by atoms with van der Waals surface area (Å²) in [6, 6.07) is 5.93. The molecular weight excluding hydrogens is 233 g/mol. The molecule has 4 nitrogen and oxygen atoms in total. The number of nitrogens with zero attached hydrogens (tertiary/aromatic N) is 1. The SMILES string of the molecule is CC1(C)CNCCN1C(=O)Nc1ccccc1F. The van der Waals surface area contributed by atoms with Gasteiger partial charge in [-0.3, -0.25) is 0 Å². The Morgan fingerprint density at radius 2 is 2.17 bits per heavy atom. The highest BCUT2D eigenvalue weighted by atomic mass is 19.1. The summed E-state index contributed by atoms with van der Waals surface area (Å²) in [4.78, 5) is 13.9. The summed E-state index contributed by atoms with van der Waals surface area (Å²) in [5.41, 5.74) is -0.0510. The summed E-state index contributed by atoms with van der Waals surface area (Å²) in [6.45, 7) is 6.08. The molecule has 0 aromatic heterocycles. The fraction of sp³-hybridized carbons (Fsp3) is 0.462. The first-order chi connectivity index (χ1) is 8.50. The van der Waals surface area contributed by atoms with Crippen molar-refractivity contribution in [3.8, 4) is 0 Å². The number of hydrogen-bond donors (Lipinski definition) is 2. The Morgan fingerprint density at radius 1 is 1.44 bits per heavy atom. The number of carbonyl (C=O) groups is 1. The zero-order valence-electron chi connectivity index (χ0n) is 10.7. The zero-order valence-corrected chi connectivity index (χ0v) is 10.7. The lowest BCUT2D eigenvalue weighted by Crippen LogP contribution is -2.60. The Labute approximate surface area is 106 Å². The van der Waals surface area contributed by atoms with Crippen molar-refractivity contribution < 1.29 is 9.18 Å². The number of anilines is 1. The summed E-state index contributed by atoms with van der Waals surface area (Å²) in [7, 11) is 0. The number of nitrogens with one attached hydrogen (secondary N) is 2. The number of carbonyl (C=O) groups excluding carboxylic acids is 1. The van der Waals surface area contributed by atoms with Crippen LogP contribution >= 0.6 is 0 Å². The van der Waals surface area contributed by atoms with Gasteiger partial charge in [0.15, 0.2) is 0 Å². The highest BCUT2D eigenvalue weighted by Crippen LogP contribution is 2.19. The first-order valence-corrected chi connectivity index (χ1v) is 6.04. The van der Waals surface area contributed by atoms with E-state index in [-0.39, 0.29) is 17.3 Å². The Bertz CT molecular complexity index is 448. The molecule has 1 saturated heterocycles. The van der Waals surface area contributed by atoms with Crippen LogP contribution in [0.2, 0.25) is 0 Å². The fourth-order valence-electron chi connectivity index (χ4n) is 2.10. The molecule has 0 bridgehead atoms. The number of hydrogen-bond acceptors (Lipinski definition) is 2. The Kier molecular flexibility index (Phi) is 3.52. The highest BCUT2D eigenvalue weighted by molar-refractivity contribution is 5.90. The van der Waals surface area contributed by atoms with Gasteiger partial charge in [-0.15, -0.1) is 0 Å². The first kappa shape index (κ1) is 12.8. The molecule has 2 N–H and O–H groups in total. The van der Waals surface area contributed by atoms with Gasteiger partial charge in [0, 0.05) is 19.6 Å². The summed E-state index contributed by atoms with van der Waals surface area (Å²) < 4.78 is 13.5. The van der Waals surface area contributed by atoms with Gasteiger partial charge in [-0.2, -0.15) is 0 Å². The monoisotopic (exact) mass is 251 g/mol. The van der Waals surface area contributed by atoms with E-state index >= 15 is 0 Å². The number of piperazine rings is 1. The molecular formula is C13H18FN3O. The van der Waals surface area contributed by atoms with Crippen LogP contribution < -0.4 is 10.6 Å². The number of halogens is 1. The van der Waals surface area contributed by atoms with Gasteiger partial charge >= 0.3 is 6.03 Å². The highest BCUT2D eigenvalue weighted by Gasteiger charge is 2.33. The molecule has 1 aromatic rings. The molecule has 5 heteroatoms. The van der Waals surface area contributed by atoms with Gasteiger partial charge in [0.1, 0.15) is 5.82 Å². The molecule has 1 heterocycles. The summed E-state index contributed by atoms with van der Waals surface area (Å²) >= 11 is 0. The van der Waals surface area contributed by atoms with Gasteiger partial charge in [-0.25, -0.2) is 9.18 Å². The Morgan fingerprint density at radius 3 is 2.83 bits per heavy atom. The average molecular weight is 251 g/mol. The lowest BCUT2D eigenvalue weighted by molar-refractivity contribution is 0.123. The van der Waals surface area contributed by atoms with E-state index in [1.807, 2.05) is 13.8 Å². The molecule has 1 aliphatic rings. The predicted molar refractivity (Wildman–Crippen MR) is 69.1 cm³/mol. The van der Waals surface area contributed by atoms with Crippen LogP contribution in [0.1, 0.15) is 13.8 Å². The van der Waals surface area contributed by atoms with Gasteiger partial charge in [0.2, 0.25) is 0 Å². The van der Waals surface area contributed by atoms with Gasteiger partial charge in [-0.05, 0) is 26.0 Å². The minimum absolute atomic E-state index is 0.219. The van der Waals surface area contributed by atoms with Gasteiger partial charge in [0.25, 0.3) is 0 Å². The van der Waals surface area contributed by atoms with Crippen LogP contribution in [0, 0.1) is 5.82 Å². The van der Waals surface area contributed by atoms with Crippen LogP contribution in [0.25, 0.3) is 0 Å². The minimum Gasteiger partial charge on any atom is -0.317 e. The molecule has 1 fully saturated rings. The molecule has 2 rings (SSSR count). The molecule has 0 spiro atoms. The van der Waals surface area contributed by atoms with Crippen LogP contribution in [0.5, 0.6) is 0 Å². The van der Waals surface area contributed by atoms with E-state index in [0.29, 0.717) is 6.54 Å². The van der Waals surface area contributed by atoms with Crippen LogP contribution in [0.15, 0.2) is 24.3 Å². The van der Waals surface area contributed by atoms with Crippen molar-refractivity contribution in [1.29, 1.82) is 0 Å². The molecule has 1 aromatic carbocycles. The van der Waals surface area contributed by atoms with Crippen LogP contribution in [0.4, 0.5) is 14.9 Å². The van der Waals surface area contributed by atoms with Crippen molar-refractivity contribution in [3.63, 3.8) is 0 Å². The molecule has 0 atom stereocenters. The zero-order chi connectivity index (χ0) is 13.2. The fourth-order valence-corrected chi connectivity index (χ4v) is 2.10. The van der Waals surface area contributed by atoms with Gasteiger partial charge < -0.3 is 15.5 Å². The third-order valence-electron chi connectivity index (χ3n) is 3.16. The molecule has 18 heavy (non-hydrogen) atoms. The number of benzene rings is 1. The topological polar surface area (TPSA) is 44.4 Å². The third-order valence-corrected chi connectivity index (χ3v) is 3.16. The average Bonchev–Trinajstić information content (AvgIpc) is 2.31. The molecule has 0 unspecified atom stereocenters. The molecule has 98 valence electrons. The third kappa shape index (κ3) is 2.61. The minimum atomic E-state index is -0.418. The van der Waals surface area contributed by atoms with Crippen molar-refractivity contribution in [2.45, 2.75) is 19.4 Å². The number of urea groups is 1. The second kappa shape index (κ2) is 4.94. The maximum absolute atomic E-state index is 13.5. The predicted octanol–water partition coefficient (Wildman–Crippen LogP) is 2.04. The van der Waals surface area contributed by atoms with Crippen molar-refractivity contribution >= 4 is 11.7 Å². The largest absolute Gasteiger partial charge is 0.322 e. The van der Waals surface area contributed by atoms with Gasteiger partial charge in [-0.1, -0.05) is 12.1 Å². The van der Waals surface area contributed by atoms with Crippen molar-refractivity contribution in [2.24, 2.45) is 0 Å². The van der Waals surface area contributed by atoms with Crippen molar-refractivity contribution in [3.05, 3.63) is 30.1 Å². The second-order valence-electron chi connectivity index (χ2n) is 5.05. The van der Waals surface area contributed by atoms with Crippen molar-refractivity contribution in [2.75, 3.05) is 25.0 Å². The lowest BCUT2D eigenvalue weighted by Gasteiger charge is -2.42. The molecule has 0 aliphatic carbocycles. The van der Waals surface area contributed by atoms with E-state index in [4.69, 9.17) is 0 Å². The van der Waals surface area contributed by atoms with E-state index in [2.05, 4.69) is 10.6 Å². The smallest absolute Gasteiger partial charge is 0.317 e. The summed E-state index contributed by atoms with van der Waals surface area (Å²) in [5, 5.41) is 5.86. The van der Waals surface area contributed by atoms with E-state index in [9.17, 15) is 9.18 Å². The summed E-state index contributed by atoms with van der Waals surface area (Å²) in [5.74, 6) is -0.418. The van der Waals surface area contributed by atoms with E-state index in [1.54, 1.807) is 23.1 Å². The standard InChI is InChI=1S/C13H18FN3O/c1-13(2)9-15-7-8-17(13)12(18)16-11-6-4-3-5-10(11)14/h3-6,15H,7-9H2,1-2H3,(H,16,18). The first-order valence-electron chi connectivity index (χ1n) is 6.04. The molecule has 0 radical (unpaired) electrons. The normalized spacial score (nSPS) is 18.5.